The molecular weight excluding hydrogens is 228 g/mol. The number of methoxy groups -OCH3 is 1. The highest BCUT2D eigenvalue weighted by Gasteiger charge is 2.14. The molecule has 4 heteroatoms. The molecule has 0 aliphatic carbocycles. The van der Waals surface area contributed by atoms with Gasteiger partial charge in [-0.25, -0.2) is 0 Å². The average Bonchev–Trinajstić information content (AvgIpc) is 2.73. The third kappa shape index (κ3) is 1.97. The van der Waals surface area contributed by atoms with Crippen LogP contribution >= 0.6 is 0 Å². The Kier molecular flexibility index (Phi) is 3.37. The SMILES string of the molecule is C=CCNC(=O)c1cc2c(OC)cccc2n1C. The largest absolute Gasteiger partial charge is 0.496 e. The van der Waals surface area contributed by atoms with E-state index in [4.69, 9.17) is 4.74 Å². The summed E-state index contributed by atoms with van der Waals surface area (Å²) in [7, 11) is 3.49. The van der Waals surface area contributed by atoms with E-state index in [1.54, 1.807) is 13.2 Å². The van der Waals surface area contributed by atoms with Gasteiger partial charge in [0.1, 0.15) is 11.4 Å². The topological polar surface area (TPSA) is 43.3 Å². The van der Waals surface area contributed by atoms with Crippen LogP contribution < -0.4 is 10.1 Å². The molecule has 1 heterocycles. The van der Waals surface area contributed by atoms with Gasteiger partial charge in [0, 0.05) is 19.0 Å². The molecule has 0 spiro atoms. The van der Waals surface area contributed by atoms with Gasteiger partial charge in [-0.1, -0.05) is 12.1 Å². The van der Waals surface area contributed by atoms with Crippen molar-refractivity contribution < 1.29 is 9.53 Å². The van der Waals surface area contributed by atoms with Crippen molar-refractivity contribution in [2.24, 2.45) is 7.05 Å². The van der Waals surface area contributed by atoms with Gasteiger partial charge in [0.05, 0.1) is 12.6 Å². The van der Waals surface area contributed by atoms with Crippen molar-refractivity contribution in [1.29, 1.82) is 0 Å². The highest BCUT2D eigenvalue weighted by molar-refractivity contribution is 6.00. The highest BCUT2D eigenvalue weighted by atomic mass is 16.5. The maximum absolute atomic E-state index is 12.0. The van der Waals surface area contributed by atoms with Crippen molar-refractivity contribution in [1.82, 2.24) is 9.88 Å². The molecule has 1 amide bonds. The van der Waals surface area contributed by atoms with Crippen LogP contribution in [0.2, 0.25) is 0 Å². The van der Waals surface area contributed by atoms with E-state index < -0.39 is 0 Å². The number of rotatable bonds is 4. The van der Waals surface area contributed by atoms with Crippen molar-refractivity contribution in [2.45, 2.75) is 0 Å². The Hall–Kier alpha value is -2.23. The summed E-state index contributed by atoms with van der Waals surface area (Å²) in [4.78, 5) is 12.0. The molecule has 0 aliphatic rings. The molecular formula is C14H16N2O2. The Bertz CT molecular complexity index is 599. The van der Waals surface area contributed by atoms with Crippen LogP contribution in [0.4, 0.5) is 0 Å². The molecule has 2 rings (SSSR count). The number of fused-ring (bicyclic) bond motifs is 1. The zero-order valence-corrected chi connectivity index (χ0v) is 10.6. The molecule has 0 bridgehead atoms. The number of hydrogen-bond donors (Lipinski definition) is 1. The number of benzene rings is 1. The third-order valence-corrected chi connectivity index (χ3v) is 2.91. The van der Waals surface area contributed by atoms with Crippen molar-refractivity contribution in [2.75, 3.05) is 13.7 Å². The maximum Gasteiger partial charge on any atom is 0.268 e. The monoisotopic (exact) mass is 244 g/mol. The van der Waals surface area contributed by atoms with Crippen LogP contribution in [0.25, 0.3) is 10.9 Å². The first-order valence-corrected chi connectivity index (χ1v) is 5.70. The summed E-state index contributed by atoms with van der Waals surface area (Å²) in [6, 6.07) is 7.59. The minimum atomic E-state index is -0.115. The second kappa shape index (κ2) is 4.96. The Morgan fingerprint density at radius 2 is 2.33 bits per heavy atom. The first-order chi connectivity index (χ1) is 8.69. The molecule has 2 aromatic rings. The Labute approximate surface area is 106 Å². The third-order valence-electron chi connectivity index (χ3n) is 2.91. The summed E-state index contributed by atoms with van der Waals surface area (Å²) in [6.07, 6.45) is 1.65. The highest BCUT2D eigenvalue weighted by Crippen LogP contribution is 2.27. The molecule has 0 unspecified atom stereocenters. The number of hydrogen-bond acceptors (Lipinski definition) is 2. The van der Waals surface area contributed by atoms with Crippen molar-refractivity contribution in [3.63, 3.8) is 0 Å². The lowest BCUT2D eigenvalue weighted by molar-refractivity contribution is 0.0950. The number of nitrogens with zero attached hydrogens (tertiary/aromatic N) is 1. The Morgan fingerprint density at radius 3 is 3.00 bits per heavy atom. The molecule has 0 saturated carbocycles. The summed E-state index contributed by atoms with van der Waals surface area (Å²) in [5.74, 6) is 0.654. The second-order valence-corrected chi connectivity index (χ2v) is 3.98. The molecule has 0 aliphatic heterocycles. The van der Waals surface area contributed by atoms with E-state index in [9.17, 15) is 4.79 Å². The lowest BCUT2D eigenvalue weighted by atomic mass is 10.2. The lowest BCUT2D eigenvalue weighted by Gasteiger charge is -2.04. The van der Waals surface area contributed by atoms with Gasteiger partial charge in [-0.3, -0.25) is 4.79 Å². The van der Waals surface area contributed by atoms with Crippen LogP contribution in [0.1, 0.15) is 10.5 Å². The standard InChI is InChI=1S/C14H16N2O2/c1-4-8-15-14(17)12-9-10-11(16(12)2)6-5-7-13(10)18-3/h4-7,9H,1,8H2,2-3H3,(H,15,17). The van der Waals surface area contributed by atoms with E-state index in [1.165, 1.54) is 0 Å². The van der Waals surface area contributed by atoms with Gasteiger partial charge in [0.25, 0.3) is 5.91 Å². The van der Waals surface area contributed by atoms with Gasteiger partial charge < -0.3 is 14.6 Å². The van der Waals surface area contributed by atoms with Crippen LogP contribution in [0.15, 0.2) is 36.9 Å². The van der Waals surface area contributed by atoms with Crippen LogP contribution in [0.5, 0.6) is 5.75 Å². The number of aromatic nitrogens is 1. The van der Waals surface area contributed by atoms with Gasteiger partial charge in [0.15, 0.2) is 0 Å². The lowest BCUT2D eigenvalue weighted by Crippen LogP contribution is -2.25. The fraction of sp³-hybridized carbons (Fsp3) is 0.214. The summed E-state index contributed by atoms with van der Waals surface area (Å²) in [5.41, 5.74) is 1.58. The molecule has 94 valence electrons. The summed E-state index contributed by atoms with van der Waals surface area (Å²) in [6.45, 7) is 4.03. The van der Waals surface area contributed by atoms with E-state index in [0.29, 0.717) is 12.2 Å². The predicted molar refractivity (Wildman–Crippen MR) is 72.0 cm³/mol. The maximum atomic E-state index is 12.0. The quantitative estimate of drug-likeness (QED) is 0.837. The van der Waals surface area contributed by atoms with Gasteiger partial charge in [0.2, 0.25) is 0 Å². The zero-order chi connectivity index (χ0) is 13.1. The minimum absolute atomic E-state index is 0.115. The van der Waals surface area contributed by atoms with Crippen LogP contribution in [-0.2, 0) is 7.05 Å². The van der Waals surface area contributed by atoms with Crippen LogP contribution in [-0.4, -0.2) is 24.1 Å². The van der Waals surface area contributed by atoms with E-state index in [2.05, 4.69) is 11.9 Å². The molecule has 18 heavy (non-hydrogen) atoms. The Morgan fingerprint density at radius 1 is 1.56 bits per heavy atom. The molecule has 0 saturated heterocycles. The van der Waals surface area contributed by atoms with Crippen LogP contribution in [0, 0.1) is 0 Å². The normalized spacial score (nSPS) is 10.3. The average molecular weight is 244 g/mol. The minimum Gasteiger partial charge on any atom is -0.496 e. The van der Waals surface area contributed by atoms with Crippen LogP contribution in [0.3, 0.4) is 0 Å². The first kappa shape index (κ1) is 12.2. The smallest absolute Gasteiger partial charge is 0.268 e. The number of carbonyl (C=O) groups is 1. The van der Waals surface area contributed by atoms with Crippen molar-refractivity contribution >= 4 is 16.8 Å². The van der Waals surface area contributed by atoms with E-state index >= 15 is 0 Å². The first-order valence-electron chi connectivity index (χ1n) is 5.70. The molecule has 0 fully saturated rings. The fourth-order valence-electron chi connectivity index (χ4n) is 1.98. The van der Waals surface area contributed by atoms with Gasteiger partial charge >= 0.3 is 0 Å². The number of nitrogens with one attached hydrogen (secondary N) is 1. The van der Waals surface area contributed by atoms with E-state index in [0.717, 1.165) is 16.7 Å². The van der Waals surface area contributed by atoms with Crippen molar-refractivity contribution in [3.8, 4) is 5.75 Å². The molecule has 1 aromatic carbocycles. The fourth-order valence-corrected chi connectivity index (χ4v) is 1.98. The molecule has 0 atom stereocenters. The van der Waals surface area contributed by atoms with Gasteiger partial charge in [-0.05, 0) is 18.2 Å². The Balaban J connectivity index is 2.50. The summed E-state index contributed by atoms with van der Waals surface area (Å²) < 4.78 is 7.15. The zero-order valence-electron chi connectivity index (χ0n) is 10.6. The second-order valence-electron chi connectivity index (χ2n) is 3.98. The van der Waals surface area contributed by atoms with E-state index in [-0.39, 0.29) is 5.91 Å². The van der Waals surface area contributed by atoms with E-state index in [1.807, 2.05) is 35.9 Å². The number of amides is 1. The predicted octanol–water partition coefficient (Wildman–Crippen LogP) is 2.10. The summed E-state index contributed by atoms with van der Waals surface area (Å²) in [5, 5.41) is 3.71. The number of carbonyl (C=O) groups excluding carboxylic acids is 1. The molecule has 1 N–H and O–H groups in total. The molecule has 4 nitrogen and oxygen atoms in total. The molecule has 1 aromatic heterocycles. The van der Waals surface area contributed by atoms with Crippen molar-refractivity contribution in [3.05, 3.63) is 42.6 Å². The molecule has 0 radical (unpaired) electrons. The van der Waals surface area contributed by atoms with Gasteiger partial charge in [-0.15, -0.1) is 6.58 Å². The van der Waals surface area contributed by atoms with Gasteiger partial charge in [-0.2, -0.15) is 0 Å². The number of ether oxygens (including phenoxy) is 1. The number of aryl methyl sites for hydroxylation is 1. The summed E-state index contributed by atoms with van der Waals surface area (Å²) >= 11 is 0.